The summed E-state index contributed by atoms with van der Waals surface area (Å²) in [7, 11) is 3.03. The molecule has 2 aromatic carbocycles. The van der Waals surface area contributed by atoms with E-state index in [1.165, 1.54) is 26.4 Å². The Labute approximate surface area is 170 Å². The molecule has 1 fully saturated rings. The van der Waals surface area contributed by atoms with Gasteiger partial charge < -0.3 is 14.3 Å². The third-order valence-electron chi connectivity index (χ3n) is 4.66. The van der Waals surface area contributed by atoms with Gasteiger partial charge in [0, 0.05) is 5.56 Å². The molecule has 2 aliphatic rings. The molecule has 2 atom stereocenters. The Morgan fingerprint density at radius 3 is 2.46 bits per heavy atom. The van der Waals surface area contributed by atoms with Gasteiger partial charge in [0.15, 0.2) is 0 Å². The van der Waals surface area contributed by atoms with Gasteiger partial charge in [-0.2, -0.15) is 0 Å². The summed E-state index contributed by atoms with van der Waals surface area (Å²) in [6.07, 6.45) is -1.05. The topological polar surface area (TPSA) is 77.4 Å². The predicted octanol–water partition coefficient (Wildman–Crippen LogP) is 3.30. The minimum absolute atomic E-state index is 0.237. The fourth-order valence-electron chi connectivity index (χ4n) is 3.29. The van der Waals surface area contributed by atoms with Crippen LogP contribution in [-0.2, 0) is 14.4 Å². The molecule has 2 aliphatic heterocycles. The molecular formula is C19H14Cl2N2O5. The van der Waals surface area contributed by atoms with Gasteiger partial charge in [-0.05, 0) is 36.4 Å². The Morgan fingerprint density at radius 2 is 1.79 bits per heavy atom. The SMILES string of the molecule is COc1ccc(OC)c(C2=NO[C@H]3C(=O)N(c4ccc(Cl)c(Cl)c4)C(=O)[C@@H]23)c1. The highest BCUT2D eigenvalue weighted by Crippen LogP contribution is 2.39. The first-order chi connectivity index (χ1) is 13.5. The lowest BCUT2D eigenvalue weighted by molar-refractivity contribution is -0.126. The minimum Gasteiger partial charge on any atom is -0.497 e. The van der Waals surface area contributed by atoms with Gasteiger partial charge in [0.25, 0.3) is 5.91 Å². The number of carbonyl (C=O) groups excluding carboxylic acids is 2. The van der Waals surface area contributed by atoms with E-state index in [9.17, 15) is 9.59 Å². The maximum Gasteiger partial charge on any atom is 0.278 e. The molecule has 0 radical (unpaired) electrons. The average Bonchev–Trinajstić information content (AvgIpc) is 3.24. The van der Waals surface area contributed by atoms with E-state index in [0.29, 0.717) is 33.5 Å². The fourth-order valence-corrected chi connectivity index (χ4v) is 3.59. The molecule has 9 heteroatoms. The van der Waals surface area contributed by atoms with Crippen LogP contribution in [-0.4, -0.2) is 37.8 Å². The molecule has 2 aromatic rings. The second-order valence-corrected chi connectivity index (χ2v) is 6.97. The summed E-state index contributed by atoms with van der Waals surface area (Å²) < 4.78 is 10.6. The van der Waals surface area contributed by atoms with Crippen molar-refractivity contribution in [2.75, 3.05) is 19.1 Å². The van der Waals surface area contributed by atoms with Crippen LogP contribution in [0.5, 0.6) is 11.5 Å². The molecule has 2 amide bonds. The van der Waals surface area contributed by atoms with Gasteiger partial charge in [-0.1, -0.05) is 28.4 Å². The van der Waals surface area contributed by atoms with E-state index in [2.05, 4.69) is 5.16 Å². The molecule has 0 spiro atoms. The highest BCUT2D eigenvalue weighted by atomic mass is 35.5. The Morgan fingerprint density at radius 1 is 1.00 bits per heavy atom. The monoisotopic (exact) mass is 420 g/mol. The number of amides is 2. The predicted molar refractivity (Wildman–Crippen MR) is 103 cm³/mol. The number of imide groups is 1. The lowest BCUT2D eigenvalue weighted by Gasteiger charge is -2.16. The van der Waals surface area contributed by atoms with Crippen molar-refractivity contribution in [3.63, 3.8) is 0 Å². The van der Waals surface area contributed by atoms with Crippen LogP contribution in [0.25, 0.3) is 0 Å². The summed E-state index contributed by atoms with van der Waals surface area (Å²) in [5.74, 6) is -0.844. The Kier molecular flexibility index (Phi) is 4.64. The molecule has 4 rings (SSSR count). The average molecular weight is 421 g/mol. The van der Waals surface area contributed by atoms with E-state index in [0.717, 1.165) is 4.90 Å². The molecule has 7 nitrogen and oxygen atoms in total. The largest absolute Gasteiger partial charge is 0.497 e. The molecule has 28 heavy (non-hydrogen) atoms. The van der Waals surface area contributed by atoms with Gasteiger partial charge in [0.1, 0.15) is 23.1 Å². The van der Waals surface area contributed by atoms with Crippen LogP contribution in [0.4, 0.5) is 5.69 Å². The summed E-state index contributed by atoms with van der Waals surface area (Å²) in [5, 5.41) is 4.56. The number of methoxy groups -OCH3 is 2. The minimum atomic E-state index is -1.05. The first-order valence-electron chi connectivity index (χ1n) is 8.25. The normalized spacial score (nSPS) is 20.7. The molecule has 0 saturated carbocycles. The summed E-state index contributed by atoms with van der Waals surface area (Å²) in [6.45, 7) is 0. The number of anilines is 1. The number of nitrogens with zero attached hydrogens (tertiary/aromatic N) is 2. The number of benzene rings is 2. The van der Waals surface area contributed by atoms with Crippen LogP contribution in [0.15, 0.2) is 41.6 Å². The summed E-state index contributed by atoms with van der Waals surface area (Å²) in [6, 6.07) is 9.64. The van der Waals surface area contributed by atoms with E-state index >= 15 is 0 Å². The molecule has 1 saturated heterocycles. The van der Waals surface area contributed by atoms with Crippen LogP contribution in [0.3, 0.4) is 0 Å². The highest BCUT2D eigenvalue weighted by molar-refractivity contribution is 6.42. The van der Waals surface area contributed by atoms with Gasteiger partial charge in [0.05, 0.1) is 30.0 Å². The lowest BCUT2D eigenvalue weighted by Crippen LogP contribution is -2.33. The van der Waals surface area contributed by atoms with Gasteiger partial charge >= 0.3 is 0 Å². The molecule has 0 N–H and O–H groups in total. The molecule has 144 valence electrons. The Bertz CT molecular complexity index is 1020. The Hall–Kier alpha value is -2.77. The molecule has 0 aromatic heterocycles. The van der Waals surface area contributed by atoms with Crippen molar-refractivity contribution in [1.82, 2.24) is 0 Å². The van der Waals surface area contributed by atoms with Crippen molar-refractivity contribution in [2.45, 2.75) is 6.10 Å². The fraction of sp³-hybridized carbons (Fsp3) is 0.211. The van der Waals surface area contributed by atoms with E-state index in [-0.39, 0.29) is 5.02 Å². The standard InChI is InChI=1S/C19H14Cl2N2O5/c1-26-10-4-6-14(27-2)11(8-10)16-15-17(28-22-16)19(25)23(18(15)24)9-3-5-12(20)13(21)7-9/h3-8,15,17H,1-2H3/t15-,17+/m0/s1. The summed E-state index contributed by atoms with van der Waals surface area (Å²) in [5.41, 5.74) is 1.15. The van der Waals surface area contributed by atoms with Gasteiger partial charge in [-0.3, -0.25) is 9.59 Å². The van der Waals surface area contributed by atoms with E-state index in [4.69, 9.17) is 37.5 Å². The molecular weight excluding hydrogens is 407 g/mol. The first kappa shape index (κ1) is 18.6. The second-order valence-electron chi connectivity index (χ2n) is 6.16. The third-order valence-corrected chi connectivity index (χ3v) is 5.40. The van der Waals surface area contributed by atoms with Crippen LogP contribution in [0.1, 0.15) is 5.56 Å². The molecule has 0 bridgehead atoms. The van der Waals surface area contributed by atoms with Crippen LogP contribution >= 0.6 is 23.2 Å². The smallest absolute Gasteiger partial charge is 0.278 e. The zero-order valence-corrected chi connectivity index (χ0v) is 16.3. The molecule has 0 aliphatic carbocycles. The van der Waals surface area contributed by atoms with Crippen molar-refractivity contribution in [3.8, 4) is 11.5 Å². The number of carbonyl (C=O) groups is 2. The van der Waals surface area contributed by atoms with Crippen LogP contribution in [0.2, 0.25) is 10.0 Å². The second kappa shape index (κ2) is 7.00. The van der Waals surface area contributed by atoms with Gasteiger partial charge in [-0.25, -0.2) is 4.90 Å². The summed E-state index contributed by atoms with van der Waals surface area (Å²) in [4.78, 5) is 32.3. The summed E-state index contributed by atoms with van der Waals surface area (Å²) >= 11 is 12.0. The van der Waals surface area contributed by atoms with E-state index in [1.807, 2.05) is 0 Å². The van der Waals surface area contributed by atoms with Gasteiger partial charge in [-0.15, -0.1) is 0 Å². The first-order valence-corrected chi connectivity index (χ1v) is 9.01. The van der Waals surface area contributed by atoms with Crippen molar-refractivity contribution < 1.29 is 23.9 Å². The third kappa shape index (κ3) is 2.78. The van der Waals surface area contributed by atoms with Crippen molar-refractivity contribution >= 4 is 46.4 Å². The van der Waals surface area contributed by atoms with Crippen molar-refractivity contribution in [1.29, 1.82) is 0 Å². The van der Waals surface area contributed by atoms with E-state index in [1.54, 1.807) is 24.3 Å². The number of rotatable bonds is 4. The highest BCUT2D eigenvalue weighted by Gasteiger charge is 2.56. The number of halogens is 2. The van der Waals surface area contributed by atoms with Crippen LogP contribution < -0.4 is 14.4 Å². The lowest BCUT2D eigenvalue weighted by atomic mass is 9.93. The van der Waals surface area contributed by atoms with Crippen molar-refractivity contribution in [3.05, 3.63) is 52.0 Å². The van der Waals surface area contributed by atoms with Crippen LogP contribution in [0, 0.1) is 5.92 Å². The van der Waals surface area contributed by atoms with Crippen molar-refractivity contribution in [2.24, 2.45) is 11.1 Å². The molecule has 2 heterocycles. The molecule has 0 unspecified atom stereocenters. The number of hydrogen-bond donors (Lipinski definition) is 0. The maximum atomic E-state index is 13.1. The van der Waals surface area contributed by atoms with E-state index < -0.39 is 23.8 Å². The zero-order chi connectivity index (χ0) is 20.0. The zero-order valence-electron chi connectivity index (χ0n) is 14.8. The number of fused-ring (bicyclic) bond motifs is 1. The number of hydrogen-bond acceptors (Lipinski definition) is 6. The Balaban J connectivity index is 1.74. The van der Waals surface area contributed by atoms with Gasteiger partial charge in [0.2, 0.25) is 12.0 Å². The number of oxime groups is 1. The quantitative estimate of drug-likeness (QED) is 0.709. The number of ether oxygens (including phenoxy) is 2. The maximum absolute atomic E-state index is 13.1.